The van der Waals surface area contributed by atoms with Crippen molar-refractivity contribution in [3.63, 3.8) is 0 Å². The Morgan fingerprint density at radius 3 is 2.47 bits per heavy atom. The second kappa shape index (κ2) is 7.39. The number of rotatable bonds is 2. The number of fused-ring (bicyclic) bond motifs is 1. The molecule has 4 rings (SSSR count). The van der Waals surface area contributed by atoms with Gasteiger partial charge in [0.15, 0.2) is 11.6 Å². The molecular formula is C21H18F4N2O3. The maximum absolute atomic E-state index is 14.7. The number of carbonyl (C=O) groups excluding carboxylic acids is 1. The van der Waals surface area contributed by atoms with Crippen molar-refractivity contribution in [2.24, 2.45) is 10.9 Å². The van der Waals surface area contributed by atoms with Crippen LogP contribution in [0.25, 0.3) is 0 Å². The number of carbonyl (C=O) groups is 1. The molecule has 0 radical (unpaired) electrons. The summed E-state index contributed by atoms with van der Waals surface area (Å²) < 4.78 is 67.8. The van der Waals surface area contributed by atoms with Crippen molar-refractivity contribution in [3.8, 4) is 0 Å². The van der Waals surface area contributed by atoms with Crippen LogP contribution in [0.1, 0.15) is 22.8 Å². The Bertz CT molecular complexity index is 980. The molecule has 2 aliphatic rings. The van der Waals surface area contributed by atoms with Crippen molar-refractivity contribution in [3.05, 3.63) is 71.5 Å². The van der Waals surface area contributed by atoms with Gasteiger partial charge in [0, 0.05) is 11.1 Å². The van der Waals surface area contributed by atoms with Crippen LogP contribution in [0.4, 0.5) is 17.6 Å². The van der Waals surface area contributed by atoms with E-state index < -0.39 is 47.6 Å². The maximum atomic E-state index is 14.7. The van der Waals surface area contributed by atoms with Gasteiger partial charge in [0.25, 0.3) is 11.9 Å². The van der Waals surface area contributed by atoms with Gasteiger partial charge in [0.05, 0.1) is 18.6 Å². The van der Waals surface area contributed by atoms with Crippen LogP contribution in [-0.4, -0.2) is 36.9 Å². The van der Waals surface area contributed by atoms with Crippen LogP contribution in [0.5, 0.6) is 0 Å². The predicted molar refractivity (Wildman–Crippen MR) is 99.3 cm³/mol. The highest BCUT2D eigenvalue weighted by Gasteiger charge is 2.64. The first-order chi connectivity index (χ1) is 14.2. The van der Waals surface area contributed by atoms with Gasteiger partial charge in [0.2, 0.25) is 0 Å². The molecule has 2 aromatic rings. The Kier molecular flexibility index (Phi) is 5.01. The molecule has 2 aliphatic heterocycles. The number of amides is 1. The van der Waals surface area contributed by atoms with E-state index in [1.807, 2.05) is 0 Å². The van der Waals surface area contributed by atoms with Gasteiger partial charge >= 0.3 is 6.18 Å². The van der Waals surface area contributed by atoms with E-state index in [-0.39, 0.29) is 17.7 Å². The van der Waals surface area contributed by atoms with Crippen molar-refractivity contribution in [1.29, 1.82) is 0 Å². The van der Waals surface area contributed by atoms with E-state index in [9.17, 15) is 22.4 Å². The fourth-order valence-corrected chi connectivity index (χ4v) is 4.06. The number of alkyl halides is 3. The molecule has 0 aromatic heterocycles. The quantitative estimate of drug-likeness (QED) is 0.749. The van der Waals surface area contributed by atoms with Crippen molar-refractivity contribution < 1.29 is 31.8 Å². The highest BCUT2D eigenvalue weighted by atomic mass is 19.4. The third-order valence-corrected chi connectivity index (χ3v) is 5.40. The minimum atomic E-state index is -4.75. The third-order valence-electron chi connectivity index (χ3n) is 5.40. The van der Waals surface area contributed by atoms with Gasteiger partial charge in [-0.05, 0) is 25.1 Å². The molecule has 1 amide bonds. The monoisotopic (exact) mass is 422 g/mol. The van der Waals surface area contributed by atoms with Crippen LogP contribution >= 0.6 is 0 Å². The lowest BCUT2D eigenvalue weighted by molar-refractivity contribution is -0.182. The molecule has 0 aliphatic carbocycles. The first-order valence-electron chi connectivity index (χ1n) is 9.29. The Morgan fingerprint density at radius 1 is 1.13 bits per heavy atom. The van der Waals surface area contributed by atoms with Gasteiger partial charge in [-0.25, -0.2) is 9.38 Å². The summed E-state index contributed by atoms with van der Waals surface area (Å²) in [5, 5.41) is 2.29. The molecule has 2 heterocycles. The molecule has 5 nitrogen and oxygen atoms in total. The zero-order chi connectivity index (χ0) is 21.5. The number of aliphatic imine (C=N–C) groups is 1. The van der Waals surface area contributed by atoms with Gasteiger partial charge in [0.1, 0.15) is 5.82 Å². The number of hydrogen-bond donors (Lipinski definition) is 1. The first-order valence-corrected chi connectivity index (χ1v) is 9.29. The average Bonchev–Trinajstić information content (AvgIpc) is 3.05. The van der Waals surface area contributed by atoms with E-state index in [4.69, 9.17) is 9.47 Å². The van der Waals surface area contributed by atoms with Gasteiger partial charge < -0.3 is 9.47 Å². The lowest BCUT2D eigenvalue weighted by Crippen LogP contribution is -2.57. The van der Waals surface area contributed by atoms with E-state index in [0.717, 1.165) is 6.07 Å². The number of nitrogens with zero attached hydrogens (tertiary/aromatic N) is 1. The fraction of sp³-hybridized carbons (Fsp3) is 0.333. The average molecular weight is 422 g/mol. The Hall–Kier alpha value is -2.94. The van der Waals surface area contributed by atoms with Crippen LogP contribution in [0.15, 0.2) is 59.6 Å². The number of nitrogens with one attached hydrogen (secondary N) is 1. The van der Waals surface area contributed by atoms with Crippen LogP contribution in [0.3, 0.4) is 0 Å². The SMILES string of the molecule is C[C@H]1OC[C@]2(c3ccccc3F)OC(NC(=O)c3ccccc3)=N[C@H](C(F)(F)F)[C@@H]12. The Labute approximate surface area is 169 Å². The molecule has 0 saturated carbocycles. The van der Waals surface area contributed by atoms with Crippen LogP contribution in [-0.2, 0) is 15.1 Å². The highest BCUT2D eigenvalue weighted by molar-refractivity contribution is 6.04. The summed E-state index contributed by atoms with van der Waals surface area (Å²) in [6.07, 6.45) is -5.65. The second-order valence-electron chi connectivity index (χ2n) is 7.25. The van der Waals surface area contributed by atoms with E-state index in [2.05, 4.69) is 10.3 Å². The number of ether oxygens (including phenoxy) is 2. The number of hydrogen-bond acceptors (Lipinski definition) is 4. The fourth-order valence-electron chi connectivity index (χ4n) is 4.06. The summed E-state index contributed by atoms with van der Waals surface area (Å²) >= 11 is 0. The molecule has 0 spiro atoms. The minimum Gasteiger partial charge on any atom is -0.450 e. The first kappa shape index (κ1) is 20.3. The Balaban J connectivity index is 1.78. The zero-order valence-corrected chi connectivity index (χ0v) is 15.8. The normalized spacial score (nSPS) is 28.3. The molecule has 1 saturated heterocycles. The summed E-state index contributed by atoms with van der Waals surface area (Å²) in [6.45, 7) is 1.16. The van der Waals surface area contributed by atoms with Gasteiger partial charge in [-0.2, -0.15) is 13.2 Å². The molecule has 0 unspecified atom stereocenters. The largest absolute Gasteiger partial charge is 0.450 e. The molecule has 4 atom stereocenters. The lowest BCUT2D eigenvalue weighted by atomic mass is 9.75. The van der Waals surface area contributed by atoms with Gasteiger partial charge in [-0.1, -0.05) is 36.4 Å². The highest BCUT2D eigenvalue weighted by Crippen LogP contribution is 2.51. The Morgan fingerprint density at radius 2 is 1.80 bits per heavy atom. The predicted octanol–water partition coefficient (Wildman–Crippen LogP) is 3.80. The van der Waals surface area contributed by atoms with Crippen LogP contribution in [0, 0.1) is 11.7 Å². The molecule has 1 fully saturated rings. The van der Waals surface area contributed by atoms with Crippen LogP contribution < -0.4 is 5.32 Å². The molecular weight excluding hydrogens is 404 g/mol. The van der Waals surface area contributed by atoms with Crippen molar-refractivity contribution in [2.75, 3.05) is 6.61 Å². The number of halogens is 4. The summed E-state index contributed by atoms with van der Waals surface area (Å²) in [5.41, 5.74) is -1.65. The molecule has 30 heavy (non-hydrogen) atoms. The molecule has 158 valence electrons. The molecule has 2 aromatic carbocycles. The van der Waals surface area contributed by atoms with Gasteiger partial charge in [-0.3, -0.25) is 10.1 Å². The molecule has 0 bridgehead atoms. The summed E-state index contributed by atoms with van der Waals surface area (Å²) in [5.74, 6) is -2.74. The summed E-state index contributed by atoms with van der Waals surface area (Å²) in [7, 11) is 0. The summed E-state index contributed by atoms with van der Waals surface area (Å²) in [6, 6.07) is 10.5. The number of amidine groups is 1. The van der Waals surface area contributed by atoms with Crippen molar-refractivity contribution >= 4 is 11.9 Å². The lowest BCUT2D eigenvalue weighted by Gasteiger charge is -2.42. The van der Waals surface area contributed by atoms with E-state index in [0.29, 0.717) is 0 Å². The van der Waals surface area contributed by atoms with Crippen molar-refractivity contribution in [2.45, 2.75) is 30.8 Å². The van der Waals surface area contributed by atoms with E-state index >= 15 is 0 Å². The summed E-state index contributed by atoms with van der Waals surface area (Å²) in [4.78, 5) is 16.1. The minimum absolute atomic E-state index is 0.0741. The topological polar surface area (TPSA) is 59.9 Å². The smallest absolute Gasteiger partial charge is 0.411 e. The molecule has 1 N–H and O–H groups in total. The third kappa shape index (κ3) is 3.43. The number of benzene rings is 2. The zero-order valence-electron chi connectivity index (χ0n) is 15.8. The van der Waals surface area contributed by atoms with Gasteiger partial charge in [-0.15, -0.1) is 0 Å². The standard InChI is InChI=1S/C21H18F4N2O3/c1-12-16-17(21(23,24)25)26-19(27-18(28)13-7-3-2-4-8-13)30-20(16,11-29-12)14-9-5-6-10-15(14)22/h2-10,12,16-17H,11H2,1H3,(H,26,27,28)/t12-,16-,17+,20-/m1/s1. The van der Waals surface area contributed by atoms with Crippen LogP contribution in [0.2, 0.25) is 0 Å². The molecule has 9 heteroatoms. The van der Waals surface area contributed by atoms with Crippen molar-refractivity contribution in [1.82, 2.24) is 5.32 Å². The van der Waals surface area contributed by atoms with E-state index in [1.54, 1.807) is 18.2 Å². The maximum Gasteiger partial charge on any atom is 0.411 e. The van der Waals surface area contributed by atoms with E-state index in [1.165, 1.54) is 37.3 Å². The second-order valence-corrected chi connectivity index (χ2v) is 7.25.